The minimum Gasteiger partial charge on any atom is -0.497 e. The van der Waals surface area contributed by atoms with E-state index < -0.39 is 0 Å². The molecule has 1 aromatic rings. The molecule has 1 N–H and O–H groups in total. The Hall–Kier alpha value is -2.08. The summed E-state index contributed by atoms with van der Waals surface area (Å²) in [7, 11) is 1.64. The van der Waals surface area contributed by atoms with Gasteiger partial charge in [0.1, 0.15) is 5.75 Å². The smallest absolute Gasteiger partial charge is 0.242 e. The van der Waals surface area contributed by atoms with Crippen molar-refractivity contribution in [3.63, 3.8) is 0 Å². The first-order valence-electron chi connectivity index (χ1n) is 10.9. The van der Waals surface area contributed by atoms with E-state index in [0.717, 1.165) is 43.6 Å². The van der Waals surface area contributed by atoms with Gasteiger partial charge in [0, 0.05) is 26.1 Å². The maximum atomic E-state index is 12.9. The summed E-state index contributed by atoms with van der Waals surface area (Å²) in [4.78, 5) is 27.0. The first kappa shape index (κ1) is 21.6. The van der Waals surface area contributed by atoms with Crippen LogP contribution in [0.25, 0.3) is 0 Å². The summed E-state index contributed by atoms with van der Waals surface area (Å²) < 4.78 is 11.0. The Kier molecular flexibility index (Phi) is 8.35. The van der Waals surface area contributed by atoms with Crippen molar-refractivity contribution in [3.8, 4) is 5.75 Å². The van der Waals surface area contributed by atoms with Gasteiger partial charge in [0.2, 0.25) is 11.8 Å². The van der Waals surface area contributed by atoms with Gasteiger partial charge in [-0.15, -0.1) is 0 Å². The average Bonchev–Trinajstić information content (AvgIpc) is 3.25. The number of carbonyl (C=O) groups is 2. The molecule has 1 unspecified atom stereocenters. The Morgan fingerprint density at radius 2 is 2.00 bits per heavy atom. The number of carbonyl (C=O) groups excluding carboxylic acids is 2. The van der Waals surface area contributed by atoms with Crippen LogP contribution in [0.4, 0.5) is 0 Å². The number of nitrogens with zero attached hydrogens (tertiary/aromatic N) is 1. The van der Waals surface area contributed by atoms with Gasteiger partial charge >= 0.3 is 0 Å². The summed E-state index contributed by atoms with van der Waals surface area (Å²) in [6, 6.07) is 7.74. The van der Waals surface area contributed by atoms with E-state index in [1.54, 1.807) is 12.0 Å². The number of benzene rings is 1. The first-order valence-corrected chi connectivity index (χ1v) is 10.9. The lowest BCUT2D eigenvalue weighted by molar-refractivity contribution is -0.135. The van der Waals surface area contributed by atoms with Gasteiger partial charge < -0.3 is 19.7 Å². The van der Waals surface area contributed by atoms with E-state index in [-0.39, 0.29) is 24.5 Å². The van der Waals surface area contributed by atoms with Gasteiger partial charge in [0.25, 0.3) is 0 Å². The topological polar surface area (TPSA) is 67.9 Å². The predicted octanol–water partition coefficient (Wildman–Crippen LogP) is 3.29. The summed E-state index contributed by atoms with van der Waals surface area (Å²) >= 11 is 0. The third kappa shape index (κ3) is 7.03. The molecule has 0 radical (unpaired) electrons. The van der Waals surface area contributed by atoms with Gasteiger partial charge in [-0.05, 0) is 49.3 Å². The molecular weight excluding hydrogens is 368 g/mol. The fraction of sp³-hybridized carbons (Fsp3) is 0.652. The lowest BCUT2D eigenvalue weighted by Gasteiger charge is -2.26. The highest BCUT2D eigenvalue weighted by atomic mass is 16.5. The van der Waals surface area contributed by atoms with E-state index in [1.165, 1.54) is 19.3 Å². The molecule has 0 aromatic heterocycles. The summed E-state index contributed by atoms with van der Waals surface area (Å²) in [5.41, 5.74) is 1.00. The average molecular weight is 403 g/mol. The number of amides is 2. The van der Waals surface area contributed by atoms with Crippen LogP contribution in [0.1, 0.15) is 56.9 Å². The summed E-state index contributed by atoms with van der Waals surface area (Å²) in [5, 5.41) is 2.85. The zero-order chi connectivity index (χ0) is 20.5. The first-order chi connectivity index (χ1) is 14.1. The molecule has 2 aliphatic rings. The van der Waals surface area contributed by atoms with Crippen LogP contribution in [0.3, 0.4) is 0 Å². The zero-order valence-electron chi connectivity index (χ0n) is 17.5. The number of methoxy groups -OCH3 is 1. The van der Waals surface area contributed by atoms with Crippen LogP contribution in [0.2, 0.25) is 0 Å². The molecule has 29 heavy (non-hydrogen) atoms. The van der Waals surface area contributed by atoms with Crippen molar-refractivity contribution in [2.75, 3.05) is 26.8 Å². The number of hydrogen-bond acceptors (Lipinski definition) is 4. The Morgan fingerprint density at radius 1 is 1.17 bits per heavy atom. The molecule has 1 atom stereocenters. The molecule has 1 saturated carbocycles. The molecule has 6 heteroatoms. The van der Waals surface area contributed by atoms with Crippen molar-refractivity contribution in [1.82, 2.24) is 10.2 Å². The van der Waals surface area contributed by atoms with Gasteiger partial charge in [-0.2, -0.15) is 0 Å². The number of ether oxygens (including phenoxy) is 2. The molecule has 1 saturated heterocycles. The number of rotatable bonds is 9. The molecule has 1 heterocycles. The molecule has 6 nitrogen and oxygen atoms in total. The third-order valence-electron chi connectivity index (χ3n) is 5.94. The van der Waals surface area contributed by atoms with Gasteiger partial charge in [-0.3, -0.25) is 9.59 Å². The van der Waals surface area contributed by atoms with Crippen molar-refractivity contribution in [1.29, 1.82) is 0 Å². The molecule has 0 spiro atoms. The van der Waals surface area contributed by atoms with E-state index in [1.807, 2.05) is 24.3 Å². The summed E-state index contributed by atoms with van der Waals surface area (Å²) in [6.07, 6.45) is 8.57. The Bertz CT molecular complexity index is 667. The Morgan fingerprint density at radius 3 is 2.72 bits per heavy atom. The van der Waals surface area contributed by atoms with E-state index in [4.69, 9.17) is 9.47 Å². The fourth-order valence-corrected chi connectivity index (χ4v) is 4.29. The second-order valence-electron chi connectivity index (χ2n) is 8.25. The predicted molar refractivity (Wildman–Crippen MR) is 112 cm³/mol. The highest BCUT2D eigenvalue weighted by Crippen LogP contribution is 2.26. The highest BCUT2D eigenvalue weighted by Gasteiger charge is 2.24. The number of nitrogens with one attached hydrogen (secondary N) is 1. The quantitative estimate of drug-likeness (QED) is 0.688. The molecule has 1 aliphatic heterocycles. The van der Waals surface area contributed by atoms with Crippen LogP contribution in [-0.2, 0) is 20.9 Å². The van der Waals surface area contributed by atoms with Crippen LogP contribution in [0.15, 0.2) is 24.3 Å². The monoisotopic (exact) mass is 402 g/mol. The van der Waals surface area contributed by atoms with Crippen molar-refractivity contribution in [3.05, 3.63) is 29.8 Å². The Labute approximate surface area is 173 Å². The van der Waals surface area contributed by atoms with E-state index in [9.17, 15) is 9.59 Å². The van der Waals surface area contributed by atoms with Crippen LogP contribution < -0.4 is 10.1 Å². The fourth-order valence-electron chi connectivity index (χ4n) is 4.29. The van der Waals surface area contributed by atoms with Crippen LogP contribution in [0.5, 0.6) is 5.75 Å². The second-order valence-corrected chi connectivity index (χ2v) is 8.25. The molecule has 0 bridgehead atoms. The minimum atomic E-state index is -0.0692. The molecule has 2 amide bonds. The van der Waals surface area contributed by atoms with E-state index in [2.05, 4.69) is 5.32 Å². The summed E-state index contributed by atoms with van der Waals surface area (Å²) in [6.45, 7) is 1.83. The highest BCUT2D eigenvalue weighted by molar-refractivity contribution is 5.84. The van der Waals surface area contributed by atoms with Gasteiger partial charge in [0.15, 0.2) is 0 Å². The van der Waals surface area contributed by atoms with E-state index in [0.29, 0.717) is 25.4 Å². The second kappa shape index (κ2) is 11.2. The minimum absolute atomic E-state index is 0.0105. The largest absolute Gasteiger partial charge is 0.497 e. The van der Waals surface area contributed by atoms with Crippen molar-refractivity contribution in [2.45, 2.75) is 64.0 Å². The Balaban J connectivity index is 1.55. The van der Waals surface area contributed by atoms with Crippen LogP contribution in [0, 0.1) is 5.92 Å². The van der Waals surface area contributed by atoms with Crippen molar-refractivity contribution >= 4 is 11.8 Å². The van der Waals surface area contributed by atoms with Crippen LogP contribution >= 0.6 is 0 Å². The molecule has 1 aromatic carbocycles. The van der Waals surface area contributed by atoms with Gasteiger partial charge in [-0.25, -0.2) is 0 Å². The third-order valence-corrected chi connectivity index (χ3v) is 5.94. The normalized spacial score (nSPS) is 19.7. The molecule has 3 rings (SSSR count). The lowest BCUT2D eigenvalue weighted by Crippen LogP contribution is -2.43. The maximum absolute atomic E-state index is 12.9. The molecule has 1 aliphatic carbocycles. The summed E-state index contributed by atoms with van der Waals surface area (Å²) in [5.74, 6) is 1.16. The molecule has 2 fully saturated rings. The lowest BCUT2D eigenvalue weighted by atomic mass is 9.87. The van der Waals surface area contributed by atoms with Crippen LogP contribution in [-0.4, -0.2) is 49.6 Å². The van der Waals surface area contributed by atoms with E-state index >= 15 is 0 Å². The SMILES string of the molecule is COc1cccc(CN(CC2CCCO2)C(=O)CNC(=O)CC2CCCCC2)c1. The molecule has 160 valence electrons. The van der Waals surface area contributed by atoms with Crippen molar-refractivity contribution in [2.24, 2.45) is 5.92 Å². The molecular formula is C23H34N2O4. The van der Waals surface area contributed by atoms with Gasteiger partial charge in [0.05, 0.1) is 19.8 Å². The maximum Gasteiger partial charge on any atom is 0.242 e. The zero-order valence-corrected chi connectivity index (χ0v) is 17.5. The number of hydrogen-bond donors (Lipinski definition) is 1. The standard InChI is InChI=1S/C23H34N2O4/c1-28-20-10-5-9-19(13-20)16-25(17-21-11-6-12-29-21)23(27)15-24-22(26)14-18-7-3-2-4-8-18/h5,9-10,13,18,21H,2-4,6-8,11-12,14-17H2,1H3,(H,24,26). The van der Waals surface area contributed by atoms with Gasteiger partial charge in [-0.1, -0.05) is 31.4 Å². The van der Waals surface area contributed by atoms with Crippen molar-refractivity contribution < 1.29 is 19.1 Å².